The van der Waals surface area contributed by atoms with Crippen molar-refractivity contribution < 1.29 is 14.3 Å². The predicted molar refractivity (Wildman–Crippen MR) is 102 cm³/mol. The molecule has 2 rings (SSSR count). The molecule has 0 aromatic carbocycles. The Hall–Kier alpha value is -1.09. The molecule has 0 N–H and O–H groups in total. The molecule has 0 amide bonds. The van der Waals surface area contributed by atoms with Gasteiger partial charge in [-0.15, -0.1) is 0 Å². The van der Waals surface area contributed by atoms with E-state index in [0.29, 0.717) is 5.92 Å². The van der Waals surface area contributed by atoms with Crippen LogP contribution in [0.1, 0.15) is 86.5 Å². The van der Waals surface area contributed by atoms with E-state index in [0.717, 1.165) is 44.9 Å². The van der Waals surface area contributed by atoms with Gasteiger partial charge in [-0.3, -0.25) is 4.79 Å². The largest absolute Gasteiger partial charge is 0.460 e. The summed E-state index contributed by atoms with van der Waals surface area (Å²) in [4.78, 5) is 11.5. The monoisotopic (exact) mass is 348 g/mol. The highest BCUT2D eigenvalue weighted by Gasteiger charge is 2.53. The highest BCUT2D eigenvalue weighted by Crippen LogP contribution is 2.46. The molecule has 142 valence electrons. The van der Waals surface area contributed by atoms with Crippen LogP contribution in [0.3, 0.4) is 0 Å². The zero-order chi connectivity index (χ0) is 18.7. The van der Waals surface area contributed by atoms with Crippen LogP contribution < -0.4 is 0 Å². The molecule has 1 aliphatic heterocycles. The van der Waals surface area contributed by atoms with Crippen LogP contribution in [0.2, 0.25) is 0 Å². The fraction of sp³-hybridized carbons (Fsp3) is 0.773. The van der Waals surface area contributed by atoms with Crippen LogP contribution in [0.4, 0.5) is 0 Å². The summed E-state index contributed by atoms with van der Waals surface area (Å²) in [5.74, 6) is 0.114. The van der Waals surface area contributed by atoms with Crippen molar-refractivity contribution in [3.05, 3.63) is 23.3 Å². The van der Waals surface area contributed by atoms with Gasteiger partial charge in [0.25, 0.3) is 0 Å². The SMILES string of the molecule is CC(=O)OC(C)(C)[C@@H]1CC/C(C)=C/CC/C(C)=C/CC[C@@]2(C)O[C@@H]2C1. The molecule has 2 aliphatic rings. The second-order valence-corrected chi connectivity index (χ2v) is 8.77. The van der Waals surface area contributed by atoms with E-state index >= 15 is 0 Å². The number of esters is 1. The summed E-state index contributed by atoms with van der Waals surface area (Å²) in [6.07, 6.45) is 12.5. The van der Waals surface area contributed by atoms with Gasteiger partial charge in [-0.05, 0) is 79.6 Å². The van der Waals surface area contributed by atoms with Gasteiger partial charge in [0.2, 0.25) is 0 Å². The number of hydrogen-bond donors (Lipinski definition) is 0. The van der Waals surface area contributed by atoms with Crippen molar-refractivity contribution in [2.45, 2.75) is 104 Å². The van der Waals surface area contributed by atoms with Crippen LogP contribution >= 0.6 is 0 Å². The molecule has 0 aromatic heterocycles. The lowest BCUT2D eigenvalue weighted by molar-refractivity contribution is -0.159. The van der Waals surface area contributed by atoms with Crippen LogP contribution in [0, 0.1) is 5.92 Å². The van der Waals surface area contributed by atoms with E-state index in [1.165, 1.54) is 18.1 Å². The summed E-state index contributed by atoms with van der Waals surface area (Å²) in [7, 11) is 0. The first-order chi connectivity index (χ1) is 11.6. The Morgan fingerprint density at radius 2 is 1.84 bits per heavy atom. The normalized spacial score (nSPS) is 36.1. The number of epoxide rings is 1. The highest BCUT2D eigenvalue weighted by atomic mass is 16.6. The third-order valence-corrected chi connectivity index (χ3v) is 5.98. The summed E-state index contributed by atoms with van der Waals surface area (Å²) >= 11 is 0. The first-order valence-corrected chi connectivity index (χ1v) is 9.81. The average Bonchev–Trinajstić information content (AvgIpc) is 3.11. The number of hydrogen-bond acceptors (Lipinski definition) is 3. The van der Waals surface area contributed by atoms with Crippen molar-refractivity contribution in [2.75, 3.05) is 0 Å². The van der Waals surface area contributed by atoms with Crippen molar-refractivity contribution in [3.8, 4) is 0 Å². The maximum Gasteiger partial charge on any atom is 0.303 e. The number of fused-ring (bicyclic) bond motifs is 1. The van der Waals surface area contributed by atoms with Crippen molar-refractivity contribution >= 4 is 5.97 Å². The minimum atomic E-state index is -0.452. The fourth-order valence-corrected chi connectivity index (χ4v) is 4.03. The molecule has 0 spiro atoms. The van der Waals surface area contributed by atoms with E-state index in [1.807, 2.05) is 13.8 Å². The van der Waals surface area contributed by atoms with Crippen LogP contribution in [0.25, 0.3) is 0 Å². The highest BCUT2D eigenvalue weighted by molar-refractivity contribution is 5.66. The number of carbonyl (C=O) groups is 1. The van der Waals surface area contributed by atoms with Crippen LogP contribution in [0.5, 0.6) is 0 Å². The van der Waals surface area contributed by atoms with Gasteiger partial charge in [-0.2, -0.15) is 0 Å². The van der Waals surface area contributed by atoms with E-state index in [4.69, 9.17) is 9.47 Å². The lowest BCUT2D eigenvalue weighted by Gasteiger charge is -2.34. The lowest BCUT2D eigenvalue weighted by Crippen LogP contribution is -2.37. The summed E-state index contributed by atoms with van der Waals surface area (Å²) in [5.41, 5.74) is 2.46. The molecule has 1 fully saturated rings. The third kappa shape index (κ3) is 5.99. The third-order valence-electron chi connectivity index (χ3n) is 5.98. The molecule has 3 heteroatoms. The molecule has 25 heavy (non-hydrogen) atoms. The minimum absolute atomic E-state index is 0.00364. The summed E-state index contributed by atoms with van der Waals surface area (Å²) < 4.78 is 11.8. The Labute approximate surface area is 153 Å². The van der Waals surface area contributed by atoms with Crippen molar-refractivity contribution in [2.24, 2.45) is 5.92 Å². The Morgan fingerprint density at radius 3 is 2.52 bits per heavy atom. The molecule has 0 aromatic rings. The maximum atomic E-state index is 11.5. The van der Waals surface area contributed by atoms with E-state index in [2.05, 4.69) is 32.9 Å². The minimum Gasteiger partial charge on any atom is -0.460 e. The van der Waals surface area contributed by atoms with Gasteiger partial charge in [0, 0.05) is 12.8 Å². The molecule has 0 unspecified atom stereocenters. The molecule has 0 bridgehead atoms. The standard InChI is InChI=1S/C22H36O3/c1-16-9-7-10-17(2)12-13-19(21(4,5)24-18(3)23)15-20-22(6,25-20)14-8-11-16/h10-11,19-20H,7-9,12-15H2,1-6H3/b16-11+,17-10+/t19-,20-,22-/m1/s1. The topological polar surface area (TPSA) is 38.8 Å². The first kappa shape index (κ1) is 20.2. The fourth-order valence-electron chi connectivity index (χ4n) is 4.03. The van der Waals surface area contributed by atoms with E-state index in [9.17, 15) is 4.79 Å². The van der Waals surface area contributed by atoms with Gasteiger partial charge in [-0.25, -0.2) is 0 Å². The molecular weight excluding hydrogens is 312 g/mol. The van der Waals surface area contributed by atoms with Gasteiger partial charge >= 0.3 is 5.97 Å². The summed E-state index contributed by atoms with van der Waals surface area (Å²) in [6, 6.07) is 0. The Kier molecular flexibility index (Phi) is 6.53. The smallest absolute Gasteiger partial charge is 0.303 e. The van der Waals surface area contributed by atoms with Crippen LogP contribution in [-0.2, 0) is 14.3 Å². The molecule has 0 saturated carbocycles. The Balaban J connectivity index is 2.13. The molecule has 0 radical (unpaired) electrons. The quantitative estimate of drug-likeness (QED) is 0.363. The molecule has 1 heterocycles. The Bertz CT molecular complexity index is 543. The predicted octanol–water partition coefficient (Wildman–Crippen LogP) is 5.74. The molecule has 3 atom stereocenters. The summed E-state index contributed by atoms with van der Waals surface area (Å²) in [6.45, 7) is 12.3. The zero-order valence-electron chi connectivity index (χ0n) is 17.0. The number of carbonyl (C=O) groups excluding carboxylic acids is 1. The lowest BCUT2D eigenvalue weighted by atomic mass is 9.80. The molecular formula is C22H36O3. The first-order valence-electron chi connectivity index (χ1n) is 9.81. The van der Waals surface area contributed by atoms with Gasteiger partial charge in [0.1, 0.15) is 5.60 Å². The van der Waals surface area contributed by atoms with E-state index in [1.54, 1.807) is 0 Å². The van der Waals surface area contributed by atoms with Gasteiger partial charge < -0.3 is 9.47 Å². The number of allylic oxidation sites excluding steroid dienone is 4. The molecule has 1 aliphatic carbocycles. The zero-order valence-corrected chi connectivity index (χ0v) is 17.0. The van der Waals surface area contributed by atoms with Crippen molar-refractivity contribution in [1.29, 1.82) is 0 Å². The van der Waals surface area contributed by atoms with Gasteiger partial charge in [-0.1, -0.05) is 23.3 Å². The second kappa shape index (κ2) is 8.07. The van der Waals surface area contributed by atoms with Crippen molar-refractivity contribution in [1.82, 2.24) is 0 Å². The molecule has 1 saturated heterocycles. The van der Waals surface area contributed by atoms with Crippen LogP contribution in [-0.4, -0.2) is 23.3 Å². The number of ether oxygens (including phenoxy) is 2. The Morgan fingerprint density at radius 1 is 1.20 bits per heavy atom. The van der Waals surface area contributed by atoms with Gasteiger partial charge in [0.05, 0.1) is 11.7 Å². The van der Waals surface area contributed by atoms with E-state index < -0.39 is 5.60 Å². The van der Waals surface area contributed by atoms with Gasteiger partial charge in [0.15, 0.2) is 0 Å². The van der Waals surface area contributed by atoms with Crippen LogP contribution in [0.15, 0.2) is 23.3 Å². The van der Waals surface area contributed by atoms with Crippen molar-refractivity contribution in [3.63, 3.8) is 0 Å². The summed E-state index contributed by atoms with van der Waals surface area (Å²) in [5, 5.41) is 0. The average molecular weight is 349 g/mol. The maximum absolute atomic E-state index is 11.5. The van der Waals surface area contributed by atoms with E-state index in [-0.39, 0.29) is 17.7 Å². The second-order valence-electron chi connectivity index (χ2n) is 8.77. The number of rotatable bonds is 2. The molecule has 3 nitrogen and oxygen atoms in total.